The number of aliphatic hydroxyl groups excluding tert-OH is 1. The lowest BCUT2D eigenvalue weighted by Gasteiger charge is -2.29. The quantitative estimate of drug-likeness (QED) is 0.538. The van der Waals surface area contributed by atoms with Crippen LogP contribution in [0.15, 0.2) is 24.3 Å². The summed E-state index contributed by atoms with van der Waals surface area (Å²) >= 11 is 1.69. The van der Waals surface area contributed by atoms with E-state index in [0.717, 1.165) is 29.9 Å². The molecule has 0 aliphatic heterocycles. The lowest BCUT2D eigenvalue weighted by molar-refractivity contribution is -0.155. The Morgan fingerprint density at radius 2 is 2.00 bits per heavy atom. The van der Waals surface area contributed by atoms with Gasteiger partial charge in [-0.15, -0.1) is 0 Å². The minimum Gasteiger partial charge on any atom is -0.497 e. The third-order valence-corrected chi connectivity index (χ3v) is 6.27. The van der Waals surface area contributed by atoms with E-state index in [9.17, 15) is 9.90 Å². The molecule has 1 saturated carbocycles. The maximum Gasteiger partial charge on any atom is 0.408 e. The third-order valence-electron chi connectivity index (χ3n) is 4.78. The Morgan fingerprint density at radius 3 is 2.55 bits per heavy atom. The molecule has 0 radical (unpaired) electrons. The van der Waals surface area contributed by atoms with Gasteiger partial charge in [-0.3, -0.25) is 0 Å². The average molecular weight is 426 g/mol. The molecule has 2 rings (SSSR count). The molecule has 1 aliphatic rings. The van der Waals surface area contributed by atoms with Crippen LogP contribution in [-0.2, 0) is 15.2 Å². The zero-order valence-corrected chi connectivity index (χ0v) is 19.2. The van der Waals surface area contributed by atoms with E-state index in [1.165, 1.54) is 0 Å². The number of nitrogens with one attached hydrogen (secondary N) is 1. The van der Waals surface area contributed by atoms with Crippen LogP contribution in [0.1, 0.15) is 59.4 Å². The summed E-state index contributed by atoms with van der Waals surface area (Å²) < 4.78 is 16.4. The monoisotopic (exact) mass is 425 g/mol. The first-order chi connectivity index (χ1) is 13.6. The topological polar surface area (TPSA) is 77.0 Å². The smallest absolute Gasteiger partial charge is 0.408 e. The highest BCUT2D eigenvalue weighted by molar-refractivity contribution is 7.99. The molecule has 0 bridgehead atoms. The highest BCUT2D eigenvalue weighted by Gasteiger charge is 2.62. The Hall–Kier alpha value is -1.44. The second-order valence-corrected chi connectivity index (χ2v) is 9.80. The fourth-order valence-corrected chi connectivity index (χ4v) is 4.59. The van der Waals surface area contributed by atoms with Crippen molar-refractivity contribution in [3.05, 3.63) is 29.8 Å². The van der Waals surface area contributed by atoms with Gasteiger partial charge in [-0.25, -0.2) is 4.79 Å². The number of thioether (sulfide) groups is 1. The minimum absolute atomic E-state index is 0.0425. The molecular formula is C22H35NO5S. The van der Waals surface area contributed by atoms with Crippen molar-refractivity contribution in [2.24, 2.45) is 0 Å². The molecule has 7 heteroatoms. The van der Waals surface area contributed by atoms with Crippen molar-refractivity contribution in [3.8, 4) is 5.75 Å². The van der Waals surface area contributed by atoms with Gasteiger partial charge >= 0.3 is 6.09 Å². The summed E-state index contributed by atoms with van der Waals surface area (Å²) in [5, 5.41) is 13.7. The predicted molar refractivity (Wildman–Crippen MR) is 116 cm³/mol. The summed E-state index contributed by atoms with van der Waals surface area (Å²) in [5.74, 6) is 1.59. The van der Waals surface area contributed by atoms with E-state index in [2.05, 4.69) is 12.2 Å². The first-order valence-electron chi connectivity index (χ1n) is 10.2. The number of hydrogen-bond donors (Lipinski definition) is 2. The second-order valence-electron chi connectivity index (χ2n) is 8.61. The van der Waals surface area contributed by atoms with Gasteiger partial charge in [0, 0.05) is 11.0 Å². The van der Waals surface area contributed by atoms with Crippen molar-refractivity contribution in [1.29, 1.82) is 0 Å². The van der Waals surface area contributed by atoms with Crippen molar-refractivity contribution >= 4 is 17.9 Å². The Kier molecular flexibility index (Phi) is 8.26. The van der Waals surface area contributed by atoms with Gasteiger partial charge in [0.2, 0.25) is 0 Å². The summed E-state index contributed by atoms with van der Waals surface area (Å²) in [5.41, 5.74) is -0.280. The third kappa shape index (κ3) is 7.08. The highest BCUT2D eigenvalue weighted by atomic mass is 32.2. The van der Waals surface area contributed by atoms with Crippen LogP contribution in [0.25, 0.3) is 0 Å². The first kappa shape index (κ1) is 23.8. The lowest BCUT2D eigenvalue weighted by Crippen LogP contribution is -2.51. The molecule has 1 aromatic rings. The van der Waals surface area contributed by atoms with Crippen molar-refractivity contribution in [1.82, 2.24) is 5.32 Å². The number of carbonyl (C=O) groups is 1. The van der Waals surface area contributed by atoms with Gasteiger partial charge in [0.05, 0.1) is 13.2 Å². The Labute approximate surface area is 178 Å². The molecule has 6 nitrogen and oxygen atoms in total. The summed E-state index contributed by atoms with van der Waals surface area (Å²) in [6.07, 6.45) is 0.757. The van der Waals surface area contributed by atoms with Crippen molar-refractivity contribution < 1.29 is 24.1 Å². The van der Waals surface area contributed by atoms with E-state index >= 15 is 0 Å². The van der Waals surface area contributed by atoms with Gasteiger partial charge in [0.1, 0.15) is 16.9 Å². The summed E-state index contributed by atoms with van der Waals surface area (Å²) in [6.45, 7) is 9.47. The van der Waals surface area contributed by atoms with Gasteiger partial charge in [-0.2, -0.15) is 11.8 Å². The SMILES string of the molecule is CCCC(C)OC(O)C1(NC(=O)OC(C)(C)C)C[C@H]1SCc1ccc(OC)cc1. The normalized spacial score (nSPS) is 23.2. The van der Waals surface area contributed by atoms with E-state index < -0.39 is 23.5 Å². The minimum atomic E-state index is -1.08. The molecule has 3 unspecified atom stereocenters. The number of ether oxygens (including phenoxy) is 3. The average Bonchev–Trinajstić information content (AvgIpc) is 3.32. The summed E-state index contributed by atoms with van der Waals surface area (Å²) in [6, 6.07) is 7.90. The van der Waals surface area contributed by atoms with Gasteiger partial charge < -0.3 is 24.6 Å². The van der Waals surface area contributed by atoms with Crippen molar-refractivity contribution in [2.75, 3.05) is 7.11 Å². The largest absolute Gasteiger partial charge is 0.497 e. The van der Waals surface area contributed by atoms with Crippen LogP contribution in [0.3, 0.4) is 0 Å². The van der Waals surface area contributed by atoms with E-state index in [1.807, 2.05) is 52.0 Å². The number of alkyl carbamates (subject to hydrolysis) is 1. The lowest BCUT2D eigenvalue weighted by atomic mass is 10.2. The molecule has 0 heterocycles. The van der Waals surface area contributed by atoms with E-state index in [-0.39, 0.29) is 11.4 Å². The standard InChI is InChI=1S/C22H35NO5S/c1-7-8-15(2)27-19(24)22(23-20(25)28-21(3,4)5)13-18(22)29-14-16-9-11-17(26-6)12-10-16/h9-12,15,18-19,24H,7-8,13-14H2,1-6H3,(H,23,25)/t15?,18-,19?,22?/m1/s1. The van der Waals surface area contributed by atoms with Gasteiger partial charge in [0.15, 0.2) is 6.29 Å². The van der Waals surface area contributed by atoms with Crippen LogP contribution in [0.4, 0.5) is 4.79 Å². The van der Waals surface area contributed by atoms with Crippen LogP contribution in [-0.4, -0.2) is 47.1 Å². The van der Waals surface area contributed by atoms with Crippen LogP contribution in [0.2, 0.25) is 0 Å². The Bertz CT molecular complexity index is 660. The van der Waals surface area contributed by atoms with Crippen molar-refractivity contribution in [2.45, 2.75) is 88.4 Å². The highest BCUT2D eigenvalue weighted by Crippen LogP contribution is 2.50. The van der Waals surface area contributed by atoms with Gasteiger partial charge in [-0.1, -0.05) is 25.5 Å². The molecule has 1 amide bonds. The molecule has 1 aromatic carbocycles. The number of carbonyl (C=O) groups excluding carboxylic acids is 1. The first-order valence-corrected chi connectivity index (χ1v) is 11.2. The van der Waals surface area contributed by atoms with Crippen LogP contribution in [0.5, 0.6) is 5.75 Å². The molecule has 1 fully saturated rings. The maximum absolute atomic E-state index is 12.4. The van der Waals surface area contributed by atoms with Gasteiger partial charge in [0.25, 0.3) is 0 Å². The van der Waals surface area contributed by atoms with E-state index in [1.54, 1.807) is 18.9 Å². The second kappa shape index (κ2) is 10.0. The maximum atomic E-state index is 12.4. The molecule has 164 valence electrons. The number of amides is 1. The number of methoxy groups -OCH3 is 1. The molecule has 0 spiro atoms. The summed E-state index contributed by atoms with van der Waals surface area (Å²) in [7, 11) is 1.64. The number of hydrogen-bond acceptors (Lipinski definition) is 6. The van der Waals surface area contributed by atoms with Crippen LogP contribution < -0.4 is 10.1 Å². The molecule has 2 N–H and O–H groups in total. The molecular weight excluding hydrogens is 390 g/mol. The van der Waals surface area contributed by atoms with Crippen LogP contribution >= 0.6 is 11.8 Å². The molecule has 29 heavy (non-hydrogen) atoms. The number of benzene rings is 1. The predicted octanol–water partition coefficient (Wildman–Crippen LogP) is 4.49. The van der Waals surface area contributed by atoms with E-state index in [0.29, 0.717) is 6.42 Å². The molecule has 4 atom stereocenters. The zero-order valence-electron chi connectivity index (χ0n) is 18.4. The number of rotatable bonds is 10. The van der Waals surface area contributed by atoms with Gasteiger partial charge in [-0.05, 0) is 58.2 Å². The van der Waals surface area contributed by atoms with Crippen LogP contribution in [0, 0.1) is 0 Å². The van der Waals surface area contributed by atoms with Crippen molar-refractivity contribution in [3.63, 3.8) is 0 Å². The Balaban J connectivity index is 2.02. The fraction of sp³-hybridized carbons (Fsp3) is 0.682. The Morgan fingerprint density at radius 1 is 1.34 bits per heavy atom. The van der Waals surface area contributed by atoms with E-state index in [4.69, 9.17) is 14.2 Å². The fourth-order valence-electron chi connectivity index (χ4n) is 3.14. The zero-order chi connectivity index (χ0) is 21.7. The number of aliphatic hydroxyl groups is 1. The summed E-state index contributed by atoms with van der Waals surface area (Å²) in [4.78, 5) is 12.4. The molecule has 1 aliphatic carbocycles. The molecule has 0 saturated heterocycles. The molecule has 0 aromatic heterocycles.